The molecule has 4 nitrogen and oxygen atoms in total. The molecular formula is C30H26F5N3O. The second-order valence-electron chi connectivity index (χ2n) is 9.71. The van der Waals surface area contributed by atoms with E-state index in [2.05, 4.69) is 15.0 Å². The van der Waals surface area contributed by atoms with Gasteiger partial charge in [0, 0.05) is 19.4 Å². The summed E-state index contributed by atoms with van der Waals surface area (Å²) < 4.78 is 73.0. The quantitative estimate of drug-likeness (QED) is 0.367. The fourth-order valence-corrected chi connectivity index (χ4v) is 4.77. The summed E-state index contributed by atoms with van der Waals surface area (Å²) in [5, 5.41) is 0. The number of aliphatic imine (C=N–C) groups is 3. The fraction of sp³-hybridized carbons (Fsp3) is 0.300. The first kappa shape index (κ1) is 26.7. The lowest BCUT2D eigenvalue weighted by Gasteiger charge is -2.17. The Kier molecular flexibility index (Phi) is 7.59. The summed E-state index contributed by atoms with van der Waals surface area (Å²) in [4.78, 5) is 13.3. The molecule has 0 amide bonds. The van der Waals surface area contributed by atoms with Crippen LogP contribution in [0, 0.1) is 17.6 Å². The first-order valence-electron chi connectivity index (χ1n) is 12.7. The van der Waals surface area contributed by atoms with Crippen molar-refractivity contribution in [3.8, 4) is 0 Å². The number of benzene rings is 2. The molecule has 0 spiro atoms. The molecule has 3 aliphatic heterocycles. The van der Waals surface area contributed by atoms with Crippen LogP contribution in [0.3, 0.4) is 0 Å². The second kappa shape index (κ2) is 11.1. The third kappa shape index (κ3) is 6.08. The van der Waals surface area contributed by atoms with Crippen LogP contribution in [0.1, 0.15) is 49.3 Å². The van der Waals surface area contributed by atoms with Crippen LogP contribution in [0.4, 0.5) is 22.0 Å². The molecule has 0 aromatic heterocycles. The van der Waals surface area contributed by atoms with Crippen molar-refractivity contribution in [2.45, 2.75) is 38.8 Å². The van der Waals surface area contributed by atoms with Crippen molar-refractivity contribution >= 4 is 23.0 Å². The Balaban J connectivity index is 1.31. The molecule has 0 saturated heterocycles. The minimum atomic E-state index is -4.38. The Morgan fingerprint density at radius 3 is 2.56 bits per heavy atom. The molecule has 9 heteroatoms. The van der Waals surface area contributed by atoms with E-state index in [0.29, 0.717) is 44.0 Å². The van der Waals surface area contributed by atoms with E-state index in [1.165, 1.54) is 24.3 Å². The van der Waals surface area contributed by atoms with E-state index in [4.69, 9.17) is 4.74 Å². The highest BCUT2D eigenvalue weighted by molar-refractivity contribution is 6.52. The Morgan fingerprint density at radius 1 is 1.00 bits per heavy atom. The van der Waals surface area contributed by atoms with Gasteiger partial charge in [-0.05, 0) is 73.2 Å². The number of rotatable bonds is 4. The lowest BCUT2D eigenvalue weighted by Crippen LogP contribution is -2.07. The molecule has 0 N–H and O–H groups in total. The largest absolute Gasteiger partial charge is 0.498 e. The Bertz CT molecular complexity index is 1450. The maximum Gasteiger partial charge on any atom is 0.416 e. The first-order chi connectivity index (χ1) is 18.7. The number of alkyl halides is 3. The molecule has 2 aromatic carbocycles. The predicted molar refractivity (Wildman–Crippen MR) is 142 cm³/mol. The molecule has 0 saturated carbocycles. The number of ether oxygens (including phenoxy) is 1. The standard InChI is InChI=1S/C30H26F5N3O/c1-18-13-15-39-22(17-24(18)20-8-10-21(11-9-20)30(33,34)35)16-19-4-2-7-26-29(36-14-12-19)38-28(37-26)23-5-3-6-25(31)27(23)32/h2-3,5-11,17,19H,4,12-16H2,1H3. The molecule has 0 fully saturated rings. The van der Waals surface area contributed by atoms with Crippen molar-refractivity contribution in [1.82, 2.24) is 0 Å². The van der Waals surface area contributed by atoms with Crippen molar-refractivity contribution in [3.63, 3.8) is 0 Å². The minimum absolute atomic E-state index is 0.00863. The minimum Gasteiger partial charge on any atom is -0.498 e. The van der Waals surface area contributed by atoms with Crippen molar-refractivity contribution < 1.29 is 26.7 Å². The lowest BCUT2D eigenvalue weighted by molar-refractivity contribution is -0.137. The molecule has 5 rings (SSSR count). The van der Waals surface area contributed by atoms with Crippen LogP contribution in [0.15, 0.2) is 87.0 Å². The Labute approximate surface area is 223 Å². The summed E-state index contributed by atoms with van der Waals surface area (Å²) in [6, 6.07) is 9.11. The number of hydrogen-bond acceptors (Lipinski definition) is 4. The van der Waals surface area contributed by atoms with Crippen LogP contribution < -0.4 is 0 Å². The van der Waals surface area contributed by atoms with Crippen LogP contribution in [0.2, 0.25) is 0 Å². The number of hydrogen-bond donors (Lipinski definition) is 0. The van der Waals surface area contributed by atoms with E-state index in [1.54, 1.807) is 6.08 Å². The number of allylic oxidation sites excluding steroid dienone is 4. The summed E-state index contributed by atoms with van der Waals surface area (Å²) in [6.07, 6.45) is 4.10. The SMILES string of the molecule is CC1=C(c2ccc(C(F)(F)F)cc2)C=C(CC2CC=CC3=NC(c4cccc(F)c4F)=NC3=NCC2)OCC1. The summed E-state index contributed by atoms with van der Waals surface area (Å²) in [6.45, 7) is 2.94. The molecule has 0 aliphatic carbocycles. The van der Waals surface area contributed by atoms with E-state index in [9.17, 15) is 22.0 Å². The van der Waals surface area contributed by atoms with E-state index in [1.807, 2.05) is 19.1 Å². The molecule has 0 radical (unpaired) electrons. The predicted octanol–water partition coefficient (Wildman–Crippen LogP) is 7.72. The van der Waals surface area contributed by atoms with Gasteiger partial charge in [-0.2, -0.15) is 13.2 Å². The third-order valence-electron chi connectivity index (χ3n) is 6.95. The van der Waals surface area contributed by atoms with Gasteiger partial charge in [0.2, 0.25) is 0 Å². The van der Waals surface area contributed by atoms with Gasteiger partial charge in [0.15, 0.2) is 23.3 Å². The van der Waals surface area contributed by atoms with Crippen molar-refractivity contribution in [2.24, 2.45) is 20.9 Å². The van der Waals surface area contributed by atoms with Crippen LogP contribution >= 0.6 is 0 Å². The van der Waals surface area contributed by atoms with Gasteiger partial charge < -0.3 is 4.74 Å². The molecule has 39 heavy (non-hydrogen) atoms. The van der Waals surface area contributed by atoms with Crippen molar-refractivity contribution in [1.29, 1.82) is 0 Å². The topological polar surface area (TPSA) is 46.3 Å². The third-order valence-corrected chi connectivity index (χ3v) is 6.95. The molecule has 202 valence electrons. The molecule has 2 aromatic rings. The van der Waals surface area contributed by atoms with Crippen LogP contribution in [-0.4, -0.2) is 30.5 Å². The Hall–Kier alpha value is -3.88. The average Bonchev–Trinajstić information content (AvgIpc) is 3.23. The number of fused-ring (bicyclic) bond motifs is 1. The molecule has 3 aliphatic rings. The smallest absolute Gasteiger partial charge is 0.416 e. The van der Waals surface area contributed by atoms with Crippen LogP contribution in [0.5, 0.6) is 0 Å². The molecule has 1 atom stereocenters. The van der Waals surface area contributed by atoms with Crippen molar-refractivity contribution in [3.05, 3.63) is 100 Å². The summed E-state index contributed by atoms with van der Waals surface area (Å²) >= 11 is 0. The van der Waals surface area contributed by atoms with Crippen LogP contribution in [0.25, 0.3) is 5.57 Å². The molecule has 0 bridgehead atoms. The second-order valence-corrected chi connectivity index (χ2v) is 9.71. The zero-order valence-electron chi connectivity index (χ0n) is 21.2. The number of nitrogens with zero attached hydrogens (tertiary/aromatic N) is 3. The van der Waals surface area contributed by atoms with E-state index in [-0.39, 0.29) is 17.3 Å². The summed E-state index contributed by atoms with van der Waals surface area (Å²) in [5.41, 5.74) is 2.47. The lowest BCUT2D eigenvalue weighted by atomic mass is 9.93. The van der Waals surface area contributed by atoms with Crippen LogP contribution in [-0.2, 0) is 10.9 Å². The van der Waals surface area contributed by atoms with Gasteiger partial charge in [0.25, 0.3) is 0 Å². The van der Waals surface area contributed by atoms with E-state index >= 15 is 0 Å². The molecular weight excluding hydrogens is 513 g/mol. The van der Waals surface area contributed by atoms with Gasteiger partial charge in [-0.15, -0.1) is 0 Å². The normalized spacial score (nSPS) is 20.0. The van der Waals surface area contributed by atoms with Gasteiger partial charge in [-0.25, -0.2) is 18.8 Å². The fourth-order valence-electron chi connectivity index (χ4n) is 4.77. The zero-order chi connectivity index (χ0) is 27.6. The maximum absolute atomic E-state index is 14.2. The highest BCUT2D eigenvalue weighted by atomic mass is 19.4. The van der Waals surface area contributed by atoms with Gasteiger partial charge in [-0.3, -0.25) is 4.99 Å². The number of amidine groups is 2. The van der Waals surface area contributed by atoms with E-state index < -0.39 is 23.4 Å². The van der Waals surface area contributed by atoms with Gasteiger partial charge in [0.1, 0.15) is 5.71 Å². The highest BCUT2D eigenvalue weighted by Crippen LogP contribution is 2.34. The summed E-state index contributed by atoms with van der Waals surface area (Å²) in [5.74, 6) is -0.484. The van der Waals surface area contributed by atoms with Gasteiger partial charge in [0.05, 0.1) is 23.5 Å². The van der Waals surface area contributed by atoms with Gasteiger partial charge in [-0.1, -0.05) is 29.8 Å². The monoisotopic (exact) mass is 539 g/mol. The van der Waals surface area contributed by atoms with Crippen molar-refractivity contribution in [2.75, 3.05) is 13.2 Å². The number of halogens is 5. The van der Waals surface area contributed by atoms with E-state index in [0.717, 1.165) is 47.1 Å². The Morgan fingerprint density at radius 2 is 1.79 bits per heavy atom. The zero-order valence-corrected chi connectivity index (χ0v) is 21.2. The average molecular weight is 540 g/mol. The highest BCUT2D eigenvalue weighted by Gasteiger charge is 2.30. The van der Waals surface area contributed by atoms with Gasteiger partial charge >= 0.3 is 6.18 Å². The molecule has 3 heterocycles. The summed E-state index contributed by atoms with van der Waals surface area (Å²) in [7, 11) is 0. The maximum atomic E-state index is 14.2. The molecule has 1 unspecified atom stereocenters. The first-order valence-corrected chi connectivity index (χ1v) is 12.7.